The molecule has 0 radical (unpaired) electrons. The fraction of sp³-hybridized carbons (Fsp3) is 0.316. The molecule has 6 nitrogen and oxygen atoms in total. The van der Waals surface area contributed by atoms with Gasteiger partial charge in [0.05, 0.1) is 17.1 Å². The summed E-state index contributed by atoms with van der Waals surface area (Å²) < 4.78 is 53.4. The minimum atomic E-state index is -3.64. The van der Waals surface area contributed by atoms with E-state index in [0.29, 0.717) is 30.4 Å². The van der Waals surface area contributed by atoms with Gasteiger partial charge in [-0.15, -0.1) is 0 Å². The van der Waals surface area contributed by atoms with Gasteiger partial charge in [0.2, 0.25) is 15.9 Å². The van der Waals surface area contributed by atoms with Crippen molar-refractivity contribution in [1.82, 2.24) is 4.31 Å². The van der Waals surface area contributed by atoms with Gasteiger partial charge in [0.1, 0.15) is 11.6 Å². The second kappa shape index (κ2) is 9.11. The third-order valence-corrected chi connectivity index (χ3v) is 6.36. The smallest absolute Gasteiger partial charge is 0.243 e. The molecule has 2 aromatic carbocycles. The molecule has 0 fully saturated rings. The average molecular weight is 411 g/mol. The molecule has 0 bridgehead atoms. The highest BCUT2D eigenvalue weighted by molar-refractivity contribution is 7.89. The van der Waals surface area contributed by atoms with Gasteiger partial charge in [-0.25, -0.2) is 17.2 Å². The van der Waals surface area contributed by atoms with E-state index in [2.05, 4.69) is 10.6 Å². The highest BCUT2D eigenvalue weighted by atomic mass is 32.2. The molecule has 152 valence electrons. The van der Waals surface area contributed by atoms with Gasteiger partial charge in [0.25, 0.3) is 0 Å². The molecule has 0 saturated heterocycles. The van der Waals surface area contributed by atoms with Crippen LogP contribution in [0.1, 0.15) is 19.4 Å². The first-order chi connectivity index (χ1) is 13.2. The Balaban J connectivity index is 2.12. The molecule has 0 spiro atoms. The molecule has 0 aliphatic carbocycles. The van der Waals surface area contributed by atoms with Crippen molar-refractivity contribution in [2.45, 2.75) is 25.7 Å². The van der Waals surface area contributed by atoms with Crippen LogP contribution in [0.5, 0.6) is 0 Å². The highest BCUT2D eigenvalue weighted by Gasteiger charge is 2.23. The van der Waals surface area contributed by atoms with E-state index in [4.69, 9.17) is 0 Å². The number of aryl methyl sites for hydroxylation is 1. The summed E-state index contributed by atoms with van der Waals surface area (Å²) >= 11 is 0. The molecule has 2 rings (SSSR count). The van der Waals surface area contributed by atoms with Crippen molar-refractivity contribution in [2.75, 3.05) is 30.3 Å². The summed E-state index contributed by atoms with van der Waals surface area (Å²) in [5.74, 6) is -2.18. The van der Waals surface area contributed by atoms with Crippen molar-refractivity contribution in [3.8, 4) is 0 Å². The van der Waals surface area contributed by atoms with Crippen LogP contribution in [0.2, 0.25) is 0 Å². The number of amides is 1. The van der Waals surface area contributed by atoms with Gasteiger partial charge in [0, 0.05) is 24.8 Å². The van der Waals surface area contributed by atoms with Crippen LogP contribution in [-0.2, 0) is 14.8 Å². The minimum absolute atomic E-state index is 0.137. The largest absolute Gasteiger partial charge is 0.376 e. The third-order valence-electron chi connectivity index (χ3n) is 4.17. The quantitative estimate of drug-likeness (QED) is 0.698. The van der Waals surface area contributed by atoms with Gasteiger partial charge in [-0.3, -0.25) is 4.79 Å². The average Bonchev–Trinajstić information content (AvgIpc) is 2.64. The molecule has 2 N–H and O–H groups in total. The number of rotatable bonds is 8. The van der Waals surface area contributed by atoms with E-state index in [9.17, 15) is 22.0 Å². The van der Waals surface area contributed by atoms with Crippen LogP contribution >= 0.6 is 0 Å². The molecule has 9 heteroatoms. The number of hydrogen-bond donors (Lipinski definition) is 2. The molecular formula is C19H23F2N3O3S. The summed E-state index contributed by atoms with van der Waals surface area (Å²) in [6.07, 6.45) is 0. The highest BCUT2D eigenvalue weighted by Crippen LogP contribution is 2.23. The third kappa shape index (κ3) is 5.05. The van der Waals surface area contributed by atoms with Gasteiger partial charge < -0.3 is 10.6 Å². The minimum Gasteiger partial charge on any atom is -0.376 e. The van der Waals surface area contributed by atoms with Crippen molar-refractivity contribution < 1.29 is 22.0 Å². The zero-order valence-electron chi connectivity index (χ0n) is 15.9. The van der Waals surface area contributed by atoms with Crippen LogP contribution in [0, 0.1) is 18.6 Å². The number of anilines is 2. The lowest BCUT2D eigenvalue weighted by molar-refractivity contribution is -0.114. The molecule has 0 heterocycles. The van der Waals surface area contributed by atoms with E-state index >= 15 is 0 Å². The summed E-state index contributed by atoms with van der Waals surface area (Å²) in [5.41, 5.74) is 0.892. The molecule has 0 atom stereocenters. The van der Waals surface area contributed by atoms with E-state index in [1.807, 2.05) is 0 Å². The Hall–Kier alpha value is -2.52. The number of hydrogen-bond acceptors (Lipinski definition) is 4. The van der Waals surface area contributed by atoms with Crippen LogP contribution in [0.3, 0.4) is 0 Å². The fourth-order valence-electron chi connectivity index (χ4n) is 2.66. The lowest BCUT2D eigenvalue weighted by Gasteiger charge is -2.20. The number of nitrogens with zero attached hydrogens (tertiary/aromatic N) is 1. The molecule has 0 aliphatic rings. The summed E-state index contributed by atoms with van der Waals surface area (Å²) in [5, 5.41) is 5.15. The Morgan fingerprint density at radius 1 is 1.07 bits per heavy atom. The molecule has 28 heavy (non-hydrogen) atoms. The van der Waals surface area contributed by atoms with Crippen molar-refractivity contribution in [1.29, 1.82) is 0 Å². The number of carbonyl (C=O) groups excluding carboxylic acids is 1. The van der Waals surface area contributed by atoms with E-state index < -0.39 is 27.6 Å². The predicted molar refractivity (Wildman–Crippen MR) is 105 cm³/mol. The van der Waals surface area contributed by atoms with E-state index in [0.717, 1.165) is 12.1 Å². The lowest BCUT2D eigenvalue weighted by atomic mass is 10.2. The topological polar surface area (TPSA) is 78.5 Å². The SMILES string of the molecule is CCN(CC)S(=O)(=O)c1cc(NCC(=O)Nc2ccc(F)cc2F)ccc1C. The molecular weight excluding hydrogens is 388 g/mol. The van der Waals surface area contributed by atoms with Gasteiger partial charge in [0.15, 0.2) is 0 Å². The Kier molecular flexibility index (Phi) is 7.09. The molecule has 0 aromatic heterocycles. The number of carbonyl (C=O) groups is 1. The first-order valence-electron chi connectivity index (χ1n) is 8.78. The molecule has 0 saturated carbocycles. The Morgan fingerprint density at radius 3 is 2.36 bits per heavy atom. The van der Waals surface area contributed by atoms with Gasteiger partial charge in [-0.05, 0) is 36.8 Å². The lowest BCUT2D eigenvalue weighted by Crippen LogP contribution is -2.31. The summed E-state index contributed by atoms with van der Waals surface area (Å²) in [4.78, 5) is 12.2. The zero-order valence-corrected chi connectivity index (χ0v) is 16.7. The van der Waals surface area contributed by atoms with Gasteiger partial charge >= 0.3 is 0 Å². The maximum atomic E-state index is 13.6. The van der Waals surface area contributed by atoms with Gasteiger partial charge in [-0.1, -0.05) is 19.9 Å². The van der Waals surface area contributed by atoms with Gasteiger partial charge in [-0.2, -0.15) is 4.31 Å². The van der Waals surface area contributed by atoms with E-state index in [1.165, 1.54) is 10.4 Å². The Morgan fingerprint density at radius 2 is 1.75 bits per heavy atom. The summed E-state index contributed by atoms with van der Waals surface area (Å²) in [6, 6.07) is 7.61. The normalized spacial score (nSPS) is 11.5. The maximum Gasteiger partial charge on any atom is 0.243 e. The number of halogens is 2. The molecule has 0 aliphatic heterocycles. The zero-order chi connectivity index (χ0) is 20.9. The number of nitrogens with one attached hydrogen (secondary N) is 2. The van der Waals surface area contributed by atoms with Crippen LogP contribution in [-0.4, -0.2) is 38.3 Å². The van der Waals surface area contributed by atoms with Crippen molar-refractivity contribution in [3.05, 3.63) is 53.6 Å². The van der Waals surface area contributed by atoms with E-state index in [1.54, 1.807) is 32.9 Å². The van der Waals surface area contributed by atoms with E-state index in [-0.39, 0.29) is 17.1 Å². The van der Waals surface area contributed by atoms with Crippen LogP contribution in [0.15, 0.2) is 41.3 Å². The predicted octanol–water partition coefficient (Wildman–Crippen LogP) is 3.35. The van der Waals surface area contributed by atoms with Crippen LogP contribution in [0.25, 0.3) is 0 Å². The van der Waals surface area contributed by atoms with Crippen LogP contribution in [0.4, 0.5) is 20.2 Å². The standard InChI is InChI=1S/C19H23F2N3O3S/c1-4-24(5-2)28(26,27)18-11-15(8-6-13(18)3)22-12-19(25)23-17-9-7-14(20)10-16(17)21/h6-11,22H,4-5,12H2,1-3H3,(H,23,25). The summed E-state index contributed by atoms with van der Waals surface area (Å²) in [7, 11) is -3.64. The fourth-order valence-corrected chi connectivity index (χ4v) is 4.37. The van der Waals surface area contributed by atoms with Crippen LogP contribution < -0.4 is 10.6 Å². The van der Waals surface area contributed by atoms with Crippen molar-refractivity contribution in [3.63, 3.8) is 0 Å². The first-order valence-corrected chi connectivity index (χ1v) is 10.2. The Labute approximate surface area is 163 Å². The second-order valence-corrected chi connectivity index (χ2v) is 8.00. The maximum absolute atomic E-state index is 13.6. The second-order valence-electron chi connectivity index (χ2n) is 6.10. The van der Waals surface area contributed by atoms with Crippen molar-refractivity contribution >= 4 is 27.3 Å². The monoisotopic (exact) mass is 411 g/mol. The molecule has 1 amide bonds. The first kappa shape index (κ1) is 21.8. The Bertz CT molecular complexity index is 961. The number of benzene rings is 2. The number of sulfonamides is 1. The molecule has 2 aromatic rings. The van der Waals surface area contributed by atoms with Crippen molar-refractivity contribution in [2.24, 2.45) is 0 Å². The summed E-state index contributed by atoms with van der Waals surface area (Å²) in [6.45, 7) is 5.70. The molecule has 0 unspecified atom stereocenters.